The number of hydrogen-bond donors (Lipinski definition) is 1. The number of amides is 1. The van der Waals surface area contributed by atoms with Crippen LogP contribution in [0.1, 0.15) is 116 Å². The van der Waals surface area contributed by atoms with Gasteiger partial charge in [-0.05, 0) is 19.3 Å². The molecule has 0 aliphatic carbocycles. The van der Waals surface area contributed by atoms with Crippen LogP contribution in [-0.4, -0.2) is 18.5 Å². The van der Waals surface area contributed by atoms with Gasteiger partial charge in [0.2, 0.25) is 5.91 Å². The van der Waals surface area contributed by atoms with Gasteiger partial charge in [0.1, 0.15) is 0 Å². The first kappa shape index (κ1) is 23.9. The average molecular weight is 356 g/mol. The van der Waals surface area contributed by atoms with Gasteiger partial charge in [0, 0.05) is 12.8 Å². The zero-order chi connectivity index (χ0) is 18.6. The topological polar surface area (TPSA) is 69.4 Å². The molecule has 4 heteroatoms. The lowest BCUT2D eigenvalue weighted by Crippen LogP contribution is -2.09. The van der Waals surface area contributed by atoms with E-state index >= 15 is 0 Å². The third kappa shape index (κ3) is 20.9. The molecule has 0 aromatic carbocycles. The number of nitrogens with two attached hydrogens (primary N) is 1. The Labute approximate surface area is 155 Å². The van der Waals surface area contributed by atoms with Gasteiger partial charge in [-0.2, -0.15) is 0 Å². The van der Waals surface area contributed by atoms with Crippen molar-refractivity contribution in [3.05, 3.63) is 0 Å². The van der Waals surface area contributed by atoms with Gasteiger partial charge in [-0.1, -0.05) is 84.0 Å². The Bertz CT molecular complexity index is 318. The molecule has 0 aromatic rings. The summed E-state index contributed by atoms with van der Waals surface area (Å²) in [7, 11) is 0. The summed E-state index contributed by atoms with van der Waals surface area (Å²) in [6.07, 6.45) is 18.8. The Morgan fingerprint density at radius 3 is 1.60 bits per heavy atom. The van der Waals surface area contributed by atoms with E-state index in [-0.39, 0.29) is 11.9 Å². The maximum atomic E-state index is 11.5. The van der Waals surface area contributed by atoms with Crippen molar-refractivity contribution in [3.8, 4) is 0 Å². The molecule has 1 amide bonds. The molecule has 0 spiro atoms. The maximum absolute atomic E-state index is 11.5. The lowest BCUT2D eigenvalue weighted by molar-refractivity contribution is -0.143. The van der Waals surface area contributed by atoms with Crippen LogP contribution < -0.4 is 5.73 Å². The first-order valence-electron chi connectivity index (χ1n) is 10.6. The molecular weight excluding hydrogens is 314 g/mol. The minimum Gasteiger partial charge on any atom is -0.466 e. The van der Waals surface area contributed by atoms with Gasteiger partial charge in [-0.3, -0.25) is 9.59 Å². The van der Waals surface area contributed by atoms with Gasteiger partial charge >= 0.3 is 5.97 Å². The van der Waals surface area contributed by atoms with Crippen molar-refractivity contribution in [2.75, 3.05) is 6.61 Å². The van der Waals surface area contributed by atoms with Crippen LogP contribution in [0.5, 0.6) is 0 Å². The number of primary amides is 1. The smallest absolute Gasteiger partial charge is 0.305 e. The van der Waals surface area contributed by atoms with E-state index in [2.05, 4.69) is 6.92 Å². The second-order valence-corrected chi connectivity index (χ2v) is 7.14. The molecule has 0 radical (unpaired) electrons. The molecule has 0 rings (SSSR count). The number of rotatable bonds is 19. The highest BCUT2D eigenvalue weighted by Gasteiger charge is 2.02. The molecule has 0 aromatic heterocycles. The van der Waals surface area contributed by atoms with E-state index < -0.39 is 0 Å². The molecule has 148 valence electrons. The van der Waals surface area contributed by atoms with Crippen LogP contribution in [0.25, 0.3) is 0 Å². The Morgan fingerprint density at radius 2 is 1.08 bits per heavy atom. The van der Waals surface area contributed by atoms with Crippen molar-refractivity contribution < 1.29 is 14.3 Å². The normalized spacial score (nSPS) is 10.8. The molecule has 0 heterocycles. The Balaban J connectivity index is 3.11. The van der Waals surface area contributed by atoms with E-state index in [0.29, 0.717) is 19.4 Å². The zero-order valence-corrected chi connectivity index (χ0v) is 16.5. The first-order valence-corrected chi connectivity index (χ1v) is 10.6. The van der Waals surface area contributed by atoms with E-state index in [1.807, 2.05) is 0 Å². The predicted molar refractivity (Wildman–Crippen MR) is 104 cm³/mol. The summed E-state index contributed by atoms with van der Waals surface area (Å²) in [6, 6.07) is 0. The van der Waals surface area contributed by atoms with Crippen molar-refractivity contribution in [1.29, 1.82) is 0 Å². The van der Waals surface area contributed by atoms with E-state index in [1.54, 1.807) is 0 Å². The van der Waals surface area contributed by atoms with Crippen LogP contribution in [0.3, 0.4) is 0 Å². The quantitative estimate of drug-likeness (QED) is 0.240. The lowest BCUT2D eigenvalue weighted by atomic mass is 10.1. The molecule has 0 aliphatic heterocycles. The number of carbonyl (C=O) groups excluding carboxylic acids is 2. The molecule has 0 saturated heterocycles. The van der Waals surface area contributed by atoms with Crippen LogP contribution in [0, 0.1) is 0 Å². The lowest BCUT2D eigenvalue weighted by Gasteiger charge is -2.05. The monoisotopic (exact) mass is 355 g/mol. The van der Waals surface area contributed by atoms with Crippen LogP contribution >= 0.6 is 0 Å². The third-order valence-electron chi connectivity index (χ3n) is 4.57. The van der Waals surface area contributed by atoms with Crippen molar-refractivity contribution >= 4 is 11.9 Å². The summed E-state index contributed by atoms with van der Waals surface area (Å²) in [5.41, 5.74) is 5.11. The van der Waals surface area contributed by atoms with Gasteiger partial charge in [-0.25, -0.2) is 0 Å². The van der Waals surface area contributed by atoms with Gasteiger partial charge in [0.25, 0.3) is 0 Å². The second kappa shape index (κ2) is 19.3. The number of unbranched alkanes of at least 4 members (excludes halogenated alkanes) is 13. The molecular formula is C21H41NO3. The van der Waals surface area contributed by atoms with Gasteiger partial charge in [-0.15, -0.1) is 0 Å². The van der Waals surface area contributed by atoms with Crippen LogP contribution in [0.2, 0.25) is 0 Å². The van der Waals surface area contributed by atoms with Crippen LogP contribution in [-0.2, 0) is 14.3 Å². The number of carbonyl (C=O) groups is 2. The van der Waals surface area contributed by atoms with Crippen molar-refractivity contribution in [3.63, 3.8) is 0 Å². The molecule has 0 fully saturated rings. The highest BCUT2D eigenvalue weighted by molar-refractivity contribution is 5.73. The molecule has 0 saturated carbocycles. The van der Waals surface area contributed by atoms with Crippen molar-refractivity contribution in [2.45, 2.75) is 116 Å². The summed E-state index contributed by atoms with van der Waals surface area (Å²) in [4.78, 5) is 22.1. The van der Waals surface area contributed by atoms with Gasteiger partial charge < -0.3 is 10.5 Å². The van der Waals surface area contributed by atoms with E-state index in [0.717, 1.165) is 38.5 Å². The predicted octanol–water partition coefficient (Wildman–Crippen LogP) is 5.67. The highest BCUT2D eigenvalue weighted by atomic mass is 16.5. The summed E-state index contributed by atoms with van der Waals surface area (Å²) in [6.45, 7) is 2.77. The van der Waals surface area contributed by atoms with Crippen molar-refractivity contribution in [1.82, 2.24) is 0 Å². The maximum Gasteiger partial charge on any atom is 0.305 e. The second-order valence-electron chi connectivity index (χ2n) is 7.14. The van der Waals surface area contributed by atoms with Crippen LogP contribution in [0.4, 0.5) is 0 Å². The molecule has 2 N–H and O–H groups in total. The first-order chi connectivity index (χ1) is 12.2. The number of hydrogen-bond acceptors (Lipinski definition) is 3. The SMILES string of the molecule is CCCCCCC(=O)OCCCCCCCCCCCCCC(N)=O. The summed E-state index contributed by atoms with van der Waals surface area (Å²) < 4.78 is 5.26. The van der Waals surface area contributed by atoms with E-state index in [1.165, 1.54) is 57.8 Å². The molecule has 0 bridgehead atoms. The standard InChI is InChI=1S/C21H41NO3/c1-2-3-4-15-18-21(24)25-19-16-13-11-9-7-5-6-8-10-12-14-17-20(22)23/h2-19H2,1H3,(H2,22,23). The molecule has 25 heavy (non-hydrogen) atoms. The third-order valence-corrected chi connectivity index (χ3v) is 4.57. The summed E-state index contributed by atoms with van der Waals surface area (Å²) in [5.74, 6) is -0.200. The molecule has 0 unspecified atom stereocenters. The van der Waals surface area contributed by atoms with Gasteiger partial charge in [0.05, 0.1) is 6.61 Å². The van der Waals surface area contributed by atoms with E-state index in [9.17, 15) is 9.59 Å². The Kier molecular flexibility index (Phi) is 18.5. The Hall–Kier alpha value is -1.06. The number of esters is 1. The molecule has 0 aliphatic rings. The fraction of sp³-hybridized carbons (Fsp3) is 0.905. The fourth-order valence-electron chi connectivity index (χ4n) is 2.95. The minimum absolute atomic E-state index is 0.0214. The average Bonchev–Trinajstić information content (AvgIpc) is 2.58. The summed E-state index contributed by atoms with van der Waals surface area (Å²) in [5, 5.41) is 0. The molecule has 0 atom stereocenters. The molecule has 4 nitrogen and oxygen atoms in total. The van der Waals surface area contributed by atoms with E-state index in [4.69, 9.17) is 10.5 Å². The Morgan fingerprint density at radius 1 is 0.640 bits per heavy atom. The zero-order valence-electron chi connectivity index (χ0n) is 16.5. The fourth-order valence-corrected chi connectivity index (χ4v) is 2.95. The largest absolute Gasteiger partial charge is 0.466 e. The van der Waals surface area contributed by atoms with Gasteiger partial charge in [0.15, 0.2) is 0 Å². The minimum atomic E-state index is -0.179. The highest BCUT2D eigenvalue weighted by Crippen LogP contribution is 2.12. The number of ether oxygens (including phenoxy) is 1. The summed E-state index contributed by atoms with van der Waals surface area (Å²) >= 11 is 0. The van der Waals surface area contributed by atoms with Crippen molar-refractivity contribution in [2.24, 2.45) is 5.73 Å². The van der Waals surface area contributed by atoms with Crippen LogP contribution in [0.15, 0.2) is 0 Å².